The Morgan fingerprint density at radius 1 is 1.04 bits per heavy atom. The first-order chi connectivity index (χ1) is 12.1. The number of benzene rings is 2. The normalized spacial score (nSPS) is 14.5. The number of rotatable bonds is 5. The Balaban J connectivity index is 1.85. The molecule has 4 nitrogen and oxygen atoms in total. The van der Waals surface area contributed by atoms with Gasteiger partial charge < -0.3 is 5.11 Å². The van der Waals surface area contributed by atoms with Crippen molar-refractivity contribution in [3.05, 3.63) is 64.0 Å². The maximum absolute atomic E-state index is 12.7. The van der Waals surface area contributed by atoms with Crippen LogP contribution in [0.4, 0.5) is 0 Å². The van der Waals surface area contributed by atoms with Crippen LogP contribution in [-0.2, 0) is 15.6 Å². The molecular formula is C20H23NO3S2. The molecule has 0 aliphatic rings. The van der Waals surface area contributed by atoms with E-state index >= 15 is 0 Å². The quantitative estimate of drug-likeness (QED) is 0.693. The van der Waals surface area contributed by atoms with Gasteiger partial charge in [0.25, 0.3) is 0 Å². The van der Waals surface area contributed by atoms with Crippen LogP contribution in [0.5, 0.6) is 0 Å². The SMILES string of the molecule is Cc1cc(C)c(S(=O)(=O)NCC(C)(O)c2cc3ccccc3s2)cc1C. The van der Waals surface area contributed by atoms with Gasteiger partial charge in [-0.2, -0.15) is 0 Å². The summed E-state index contributed by atoms with van der Waals surface area (Å²) in [7, 11) is -3.71. The Kier molecular flexibility index (Phi) is 4.96. The fraction of sp³-hybridized carbons (Fsp3) is 0.300. The van der Waals surface area contributed by atoms with Gasteiger partial charge in [0.05, 0.1) is 4.90 Å². The summed E-state index contributed by atoms with van der Waals surface area (Å²) in [5.41, 5.74) is 1.39. The van der Waals surface area contributed by atoms with Crippen LogP contribution in [0, 0.1) is 20.8 Å². The van der Waals surface area contributed by atoms with Crippen LogP contribution in [0.3, 0.4) is 0 Å². The van der Waals surface area contributed by atoms with Gasteiger partial charge in [-0.1, -0.05) is 24.3 Å². The zero-order valence-electron chi connectivity index (χ0n) is 15.3. The summed E-state index contributed by atoms with van der Waals surface area (Å²) in [6.45, 7) is 7.17. The van der Waals surface area contributed by atoms with E-state index in [0.717, 1.165) is 26.1 Å². The molecule has 3 rings (SSSR count). The van der Waals surface area contributed by atoms with E-state index in [-0.39, 0.29) is 11.4 Å². The van der Waals surface area contributed by atoms with Crippen molar-refractivity contribution >= 4 is 31.4 Å². The summed E-state index contributed by atoms with van der Waals surface area (Å²) in [4.78, 5) is 0.992. The van der Waals surface area contributed by atoms with Crippen molar-refractivity contribution in [1.29, 1.82) is 0 Å². The van der Waals surface area contributed by atoms with Crippen molar-refractivity contribution in [3.8, 4) is 0 Å². The number of sulfonamides is 1. The Morgan fingerprint density at radius 3 is 2.38 bits per heavy atom. The smallest absolute Gasteiger partial charge is 0.240 e. The van der Waals surface area contributed by atoms with Gasteiger partial charge in [0, 0.05) is 16.1 Å². The Labute approximate surface area is 158 Å². The van der Waals surface area contributed by atoms with Crippen molar-refractivity contribution in [3.63, 3.8) is 0 Å². The van der Waals surface area contributed by atoms with Gasteiger partial charge in [0.15, 0.2) is 0 Å². The molecule has 1 unspecified atom stereocenters. The van der Waals surface area contributed by atoms with Crippen LogP contribution in [0.15, 0.2) is 47.4 Å². The molecule has 0 bridgehead atoms. The molecule has 1 atom stereocenters. The zero-order chi connectivity index (χ0) is 19.1. The summed E-state index contributed by atoms with van der Waals surface area (Å²) in [6, 6.07) is 13.3. The van der Waals surface area contributed by atoms with Crippen molar-refractivity contribution in [2.24, 2.45) is 0 Å². The fourth-order valence-corrected chi connectivity index (χ4v) is 5.42. The average molecular weight is 390 g/mol. The van der Waals surface area contributed by atoms with Gasteiger partial charge >= 0.3 is 0 Å². The molecule has 0 amide bonds. The molecule has 2 N–H and O–H groups in total. The van der Waals surface area contributed by atoms with Crippen molar-refractivity contribution in [2.45, 2.75) is 38.2 Å². The highest BCUT2D eigenvalue weighted by Gasteiger charge is 2.28. The second-order valence-electron chi connectivity index (χ2n) is 6.95. The number of hydrogen-bond donors (Lipinski definition) is 2. The van der Waals surface area contributed by atoms with Crippen LogP contribution in [-0.4, -0.2) is 20.1 Å². The lowest BCUT2D eigenvalue weighted by atomic mass is 10.1. The summed E-state index contributed by atoms with van der Waals surface area (Å²) in [6.07, 6.45) is 0. The molecule has 0 spiro atoms. The molecule has 0 fully saturated rings. The minimum absolute atomic E-state index is 0.0888. The second-order valence-corrected chi connectivity index (χ2v) is 9.77. The van der Waals surface area contributed by atoms with E-state index < -0.39 is 15.6 Å². The molecule has 6 heteroatoms. The highest BCUT2D eigenvalue weighted by Crippen LogP contribution is 2.33. The topological polar surface area (TPSA) is 66.4 Å². The number of aliphatic hydroxyl groups is 1. The van der Waals surface area contributed by atoms with Crippen molar-refractivity contribution < 1.29 is 13.5 Å². The van der Waals surface area contributed by atoms with Gasteiger partial charge in [-0.25, -0.2) is 13.1 Å². The lowest BCUT2D eigenvalue weighted by Crippen LogP contribution is -2.38. The van der Waals surface area contributed by atoms with Crippen molar-refractivity contribution in [1.82, 2.24) is 4.72 Å². The lowest BCUT2D eigenvalue weighted by molar-refractivity contribution is 0.0666. The lowest BCUT2D eigenvalue weighted by Gasteiger charge is -2.22. The summed E-state index contributed by atoms with van der Waals surface area (Å²) >= 11 is 1.47. The minimum atomic E-state index is -3.71. The third-order valence-corrected chi connectivity index (χ3v) is 7.56. The maximum Gasteiger partial charge on any atom is 0.240 e. The Hall–Kier alpha value is -1.73. The van der Waals surface area contributed by atoms with Crippen LogP contribution < -0.4 is 4.72 Å². The summed E-state index contributed by atoms with van der Waals surface area (Å²) in [5, 5.41) is 11.9. The molecule has 0 saturated carbocycles. The molecule has 138 valence electrons. The van der Waals surface area contributed by atoms with Crippen LogP contribution in [0.1, 0.15) is 28.5 Å². The molecule has 26 heavy (non-hydrogen) atoms. The largest absolute Gasteiger partial charge is 0.383 e. The highest BCUT2D eigenvalue weighted by molar-refractivity contribution is 7.89. The molecule has 1 aromatic heterocycles. The van der Waals surface area contributed by atoms with E-state index in [1.165, 1.54) is 11.3 Å². The molecule has 0 aliphatic heterocycles. The van der Waals surface area contributed by atoms with Gasteiger partial charge in [-0.05, 0) is 68.0 Å². The molecule has 1 heterocycles. The van der Waals surface area contributed by atoms with Crippen LogP contribution >= 0.6 is 11.3 Å². The van der Waals surface area contributed by atoms with Gasteiger partial charge in [-0.3, -0.25) is 0 Å². The first kappa shape index (κ1) is 19.0. The summed E-state index contributed by atoms with van der Waals surface area (Å²) < 4.78 is 29.1. The van der Waals surface area contributed by atoms with E-state index in [0.29, 0.717) is 5.56 Å². The summed E-state index contributed by atoms with van der Waals surface area (Å²) in [5.74, 6) is 0. The molecule has 0 aliphatic carbocycles. The van der Waals surface area contributed by atoms with E-state index in [1.54, 1.807) is 19.9 Å². The van der Waals surface area contributed by atoms with Crippen LogP contribution in [0.25, 0.3) is 10.1 Å². The molecule has 2 aromatic carbocycles. The third-order valence-electron chi connectivity index (χ3n) is 4.64. The predicted molar refractivity (Wildman–Crippen MR) is 107 cm³/mol. The van der Waals surface area contributed by atoms with Crippen molar-refractivity contribution in [2.75, 3.05) is 6.54 Å². The molecule has 0 radical (unpaired) electrons. The number of hydrogen-bond acceptors (Lipinski definition) is 4. The standard InChI is InChI=1S/C20H23NO3S2/c1-13-9-15(3)18(10-14(13)2)26(23,24)21-12-20(4,22)19-11-16-7-5-6-8-17(16)25-19/h5-11,21-22H,12H2,1-4H3. The molecule has 0 saturated heterocycles. The van der Waals surface area contributed by atoms with Gasteiger partial charge in [0.1, 0.15) is 5.60 Å². The average Bonchev–Trinajstić information content (AvgIpc) is 3.01. The number of nitrogens with one attached hydrogen (secondary N) is 1. The maximum atomic E-state index is 12.7. The number of aryl methyl sites for hydroxylation is 3. The second kappa shape index (κ2) is 6.78. The minimum Gasteiger partial charge on any atom is -0.383 e. The van der Waals surface area contributed by atoms with Gasteiger partial charge in [0.2, 0.25) is 10.0 Å². The number of thiophene rings is 1. The Bertz CT molecular complexity index is 1030. The zero-order valence-corrected chi connectivity index (χ0v) is 17.0. The number of fused-ring (bicyclic) bond motifs is 1. The third kappa shape index (κ3) is 3.69. The molecular weight excluding hydrogens is 366 g/mol. The predicted octanol–water partition coefficient (Wildman–Crippen LogP) is 4.01. The first-order valence-corrected chi connectivity index (χ1v) is 10.7. The van der Waals surface area contributed by atoms with E-state index in [2.05, 4.69) is 4.72 Å². The highest BCUT2D eigenvalue weighted by atomic mass is 32.2. The monoisotopic (exact) mass is 389 g/mol. The van der Waals surface area contributed by atoms with E-state index in [4.69, 9.17) is 0 Å². The van der Waals surface area contributed by atoms with Gasteiger partial charge in [-0.15, -0.1) is 11.3 Å². The Morgan fingerprint density at radius 2 is 1.69 bits per heavy atom. The van der Waals surface area contributed by atoms with E-state index in [9.17, 15) is 13.5 Å². The molecule has 3 aromatic rings. The fourth-order valence-electron chi connectivity index (χ4n) is 2.87. The van der Waals surface area contributed by atoms with Crippen LogP contribution in [0.2, 0.25) is 0 Å². The first-order valence-electron chi connectivity index (χ1n) is 8.39. The van der Waals surface area contributed by atoms with E-state index in [1.807, 2.05) is 50.2 Å².